The van der Waals surface area contributed by atoms with Crippen LogP contribution in [0.3, 0.4) is 0 Å². The first kappa shape index (κ1) is 17.9. The number of hydrogen-bond donors (Lipinski definition) is 2. The third-order valence-corrected chi connectivity index (χ3v) is 5.17. The molecule has 0 spiro atoms. The quantitative estimate of drug-likeness (QED) is 0.385. The second-order valence-corrected chi connectivity index (χ2v) is 7.13. The van der Waals surface area contributed by atoms with Crippen LogP contribution in [-0.2, 0) is 0 Å². The Kier molecular flexibility index (Phi) is 4.66. The molecule has 3 N–H and O–H groups in total. The van der Waals surface area contributed by atoms with E-state index in [1.54, 1.807) is 48.5 Å². The van der Waals surface area contributed by atoms with Crippen LogP contribution < -0.4 is 11.3 Å². The predicted molar refractivity (Wildman–Crippen MR) is 105 cm³/mol. The summed E-state index contributed by atoms with van der Waals surface area (Å²) < 4.78 is 0. The number of imide groups is 1. The molecule has 0 atom stereocenters. The number of carbonyl (C=O) groups is 2. The van der Waals surface area contributed by atoms with E-state index in [0.717, 1.165) is 0 Å². The first-order valence-corrected chi connectivity index (χ1v) is 9.44. The number of nitrogen functional groups attached to an aromatic ring is 1. The van der Waals surface area contributed by atoms with Gasteiger partial charge < -0.3 is 5.73 Å². The zero-order valence-corrected chi connectivity index (χ0v) is 15.4. The Morgan fingerprint density at radius 2 is 1.50 bits per heavy atom. The fourth-order valence-corrected chi connectivity index (χ4v) is 3.68. The molecule has 0 saturated heterocycles. The van der Waals surface area contributed by atoms with Gasteiger partial charge in [-0.05, 0) is 18.2 Å². The number of amides is 2. The highest BCUT2D eigenvalue weighted by atomic mass is 32.2. The summed E-state index contributed by atoms with van der Waals surface area (Å²) in [6.07, 6.45) is 0. The van der Waals surface area contributed by atoms with Gasteiger partial charge in [-0.3, -0.25) is 24.3 Å². The average molecular weight is 393 g/mol. The fourth-order valence-electron chi connectivity index (χ4n) is 2.95. The third-order valence-electron chi connectivity index (χ3n) is 4.32. The summed E-state index contributed by atoms with van der Waals surface area (Å²) in [6, 6.07) is 13.6. The molecule has 4 rings (SSSR count). The second-order valence-electron chi connectivity index (χ2n) is 6.05. The van der Waals surface area contributed by atoms with Crippen LogP contribution in [0.5, 0.6) is 0 Å². The van der Waals surface area contributed by atoms with Gasteiger partial charge in [0.15, 0.2) is 10.9 Å². The van der Waals surface area contributed by atoms with Gasteiger partial charge >= 0.3 is 0 Å². The van der Waals surface area contributed by atoms with E-state index in [-0.39, 0.29) is 24.1 Å². The van der Waals surface area contributed by atoms with E-state index in [1.165, 1.54) is 16.7 Å². The molecule has 3 aromatic rings. The highest BCUT2D eigenvalue weighted by Gasteiger charge is 2.34. The molecule has 8 nitrogen and oxygen atoms in total. The topological polar surface area (TPSA) is 122 Å². The van der Waals surface area contributed by atoms with Crippen molar-refractivity contribution < 1.29 is 9.59 Å². The van der Waals surface area contributed by atoms with Crippen molar-refractivity contribution in [1.29, 1.82) is 0 Å². The number of nitrogens with two attached hydrogens (primary N) is 1. The van der Waals surface area contributed by atoms with E-state index in [4.69, 9.17) is 5.73 Å². The Morgan fingerprint density at radius 3 is 2.11 bits per heavy atom. The Balaban J connectivity index is 1.43. The Labute approximate surface area is 163 Å². The minimum atomic E-state index is -0.406. The largest absolute Gasteiger partial charge is 0.398 e. The third kappa shape index (κ3) is 3.16. The summed E-state index contributed by atoms with van der Waals surface area (Å²) in [4.78, 5) is 40.8. The van der Waals surface area contributed by atoms with Crippen molar-refractivity contribution in [3.63, 3.8) is 0 Å². The molecule has 0 bridgehead atoms. The maximum absolute atomic E-state index is 12.3. The molecular weight excluding hydrogens is 378 g/mol. The molecule has 0 unspecified atom stereocenters. The molecule has 2 amide bonds. The minimum absolute atomic E-state index is 0.141. The summed E-state index contributed by atoms with van der Waals surface area (Å²) >= 11 is 1.21. The van der Waals surface area contributed by atoms with E-state index < -0.39 is 5.56 Å². The SMILES string of the molecule is Nc1ccccc1-c1nnc(SCCN2C(=O)c3ccccc3C2=O)[nH]c1=O. The van der Waals surface area contributed by atoms with Crippen LogP contribution in [0.4, 0.5) is 5.69 Å². The normalized spacial score (nSPS) is 13.1. The van der Waals surface area contributed by atoms with Gasteiger partial charge in [0.2, 0.25) is 0 Å². The lowest BCUT2D eigenvalue weighted by molar-refractivity contribution is 0.0664. The number of fused-ring (bicyclic) bond motifs is 1. The van der Waals surface area contributed by atoms with E-state index in [0.29, 0.717) is 33.3 Å². The van der Waals surface area contributed by atoms with Crippen LogP contribution in [0.1, 0.15) is 20.7 Å². The summed E-state index contributed by atoms with van der Waals surface area (Å²) in [6.45, 7) is 0.202. The first-order chi connectivity index (χ1) is 13.6. The summed E-state index contributed by atoms with van der Waals surface area (Å²) in [5, 5.41) is 8.30. The van der Waals surface area contributed by atoms with E-state index >= 15 is 0 Å². The van der Waals surface area contributed by atoms with E-state index in [9.17, 15) is 14.4 Å². The number of nitrogens with one attached hydrogen (secondary N) is 1. The van der Waals surface area contributed by atoms with E-state index in [2.05, 4.69) is 15.2 Å². The monoisotopic (exact) mass is 393 g/mol. The van der Waals surface area contributed by atoms with Crippen molar-refractivity contribution in [3.8, 4) is 11.3 Å². The number of nitrogens with zero attached hydrogens (tertiary/aromatic N) is 3. The highest BCUT2D eigenvalue weighted by Crippen LogP contribution is 2.24. The van der Waals surface area contributed by atoms with Gasteiger partial charge in [0.1, 0.15) is 0 Å². The number of H-pyrrole nitrogens is 1. The molecule has 9 heteroatoms. The van der Waals surface area contributed by atoms with Gasteiger partial charge in [0.25, 0.3) is 17.4 Å². The molecule has 2 heterocycles. The summed E-state index contributed by atoms with van der Waals surface area (Å²) in [5.74, 6) is -0.241. The molecule has 1 aliphatic heterocycles. The Morgan fingerprint density at radius 1 is 0.893 bits per heavy atom. The molecule has 2 aromatic carbocycles. The summed E-state index contributed by atoms with van der Waals surface area (Å²) in [5.41, 5.74) is 7.39. The van der Waals surface area contributed by atoms with Gasteiger partial charge in [0, 0.05) is 23.5 Å². The maximum Gasteiger partial charge on any atom is 0.278 e. The van der Waals surface area contributed by atoms with Crippen LogP contribution in [0.25, 0.3) is 11.3 Å². The molecule has 0 aliphatic carbocycles. The van der Waals surface area contributed by atoms with Crippen molar-refractivity contribution in [2.24, 2.45) is 0 Å². The van der Waals surface area contributed by atoms with Crippen LogP contribution in [-0.4, -0.2) is 44.2 Å². The second kappa shape index (κ2) is 7.28. The number of aromatic amines is 1. The van der Waals surface area contributed by atoms with Crippen LogP contribution in [0, 0.1) is 0 Å². The number of benzene rings is 2. The molecule has 1 aliphatic rings. The minimum Gasteiger partial charge on any atom is -0.398 e. The van der Waals surface area contributed by atoms with Gasteiger partial charge in [-0.15, -0.1) is 10.2 Å². The zero-order chi connectivity index (χ0) is 19.7. The number of carbonyl (C=O) groups excluding carboxylic acids is 2. The van der Waals surface area contributed by atoms with Crippen molar-refractivity contribution in [2.75, 3.05) is 18.0 Å². The van der Waals surface area contributed by atoms with Gasteiger partial charge in [-0.1, -0.05) is 42.1 Å². The predicted octanol–water partition coefficient (Wildman–Crippen LogP) is 1.80. The maximum atomic E-state index is 12.3. The Bertz CT molecular complexity index is 1110. The number of aromatic nitrogens is 3. The Hall–Kier alpha value is -3.46. The van der Waals surface area contributed by atoms with Gasteiger partial charge in [-0.25, -0.2) is 0 Å². The molecule has 0 radical (unpaired) electrons. The summed E-state index contributed by atoms with van der Waals surface area (Å²) in [7, 11) is 0. The fraction of sp³-hybridized carbons (Fsp3) is 0.105. The molecule has 0 saturated carbocycles. The lowest BCUT2D eigenvalue weighted by Gasteiger charge is -2.12. The first-order valence-electron chi connectivity index (χ1n) is 8.46. The number of thioether (sulfide) groups is 1. The lowest BCUT2D eigenvalue weighted by atomic mass is 10.1. The highest BCUT2D eigenvalue weighted by molar-refractivity contribution is 7.99. The smallest absolute Gasteiger partial charge is 0.278 e. The van der Waals surface area contributed by atoms with Crippen molar-refractivity contribution in [3.05, 3.63) is 70.0 Å². The van der Waals surface area contributed by atoms with Crippen LogP contribution in [0.2, 0.25) is 0 Å². The van der Waals surface area contributed by atoms with Crippen molar-refractivity contribution in [2.45, 2.75) is 5.16 Å². The standard InChI is InChI=1S/C19H15N5O3S/c20-14-8-4-3-7-13(14)15-16(25)21-19(23-22-15)28-10-9-24-17(26)11-5-1-2-6-12(11)18(24)27/h1-8H,9-10,20H2,(H,21,23,25). The molecule has 0 fully saturated rings. The van der Waals surface area contributed by atoms with Crippen LogP contribution >= 0.6 is 11.8 Å². The van der Waals surface area contributed by atoms with E-state index in [1.807, 2.05) is 0 Å². The molecule has 1 aromatic heterocycles. The molecular formula is C19H15N5O3S. The van der Waals surface area contributed by atoms with Gasteiger partial charge in [0.05, 0.1) is 11.1 Å². The molecule has 140 valence electrons. The number of hydrogen-bond acceptors (Lipinski definition) is 7. The number of para-hydroxylation sites is 1. The number of rotatable bonds is 5. The van der Waals surface area contributed by atoms with Crippen LogP contribution in [0.15, 0.2) is 58.5 Å². The number of anilines is 1. The van der Waals surface area contributed by atoms with Crippen molar-refractivity contribution in [1.82, 2.24) is 20.1 Å². The average Bonchev–Trinajstić information content (AvgIpc) is 2.94. The molecule has 28 heavy (non-hydrogen) atoms. The lowest BCUT2D eigenvalue weighted by Crippen LogP contribution is -2.31. The zero-order valence-electron chi connectivity index (χ0n) is 14.6. The van der Waals surface area contributed by atoms with Crippen molar-refractivity contribution >= 4 is 29.3 Å². The van der Waals surface area contributed by atoms with Gasteiger partial charge in [-0.2, -0.15) is 0 Å².